The highest BCUT2D eigenvalue weighted by Crippen LogP contribution is 2.54. The maximum atomic E-state index is 2.47. The molecule has 0 N–H and O–H groups in total. The van der Waals surface area contributed by atoms with E-state index in [0.29, 0.717) is 0 Å². The Morgan fingerprint density at radius 3 is 1.79 bits per heavy atom. The first-order chi connectivity index (χ1) is 28.0. The van der Waals surface area contributed by atoms with Gasteiger partial charge >= 0.3 is 0 Å². The summed E-state index contributed by atoms with van der Waals surface area (Å²) in [6.45, 7) is 4.72. The van der Waals surface area contributed by atoms with Crippen LogP contribution in [0.25, 0.3) is 75.5 Å². The predicted octanol–water partition coefficient (Wildman–Crippen LogP) is 16.0. The molecule has 57 heavy (non-hydrogen) atoms. The molecule has 0 unspecified atom stereocenters. The lowest BCUT2D eigenvalue weighted by molar-refractivity contribution is 0.660. The molecule has 0 spiro atoms. The number of rotatable bonds is 6. The fourth-order valence-corrected chi connectivity index (χ4v) is 10.4. The van der Waals surface area contributed by atoms with Crippen molar-refractivity contribution in [1.82, 2.24) is 0 Å². The first-order valence-electron chi connectivity index (χ1n) is 19.8. The number of nitrogens with zero attached hydrogens (tertiary/aromatic N) is 1. The lowest BCUT2D eigenvalue weighted by Crippen LogP contribution is -2.15. The Bertz CT molecular complexity index is 3180. The second-order valence-electron chi connectivity index (χ2n) is 15.7. The van der Waals surface area contributed by atoms with Gasteiger partial charge in [0, 0.05) is 42.5 Å². The number of hydrogen-bond acceptors (Lipinski definition) is 2. The van der Waals surface area contributed by atoms with Gasteiger partial charge in [0.05, 0.1) is 5.69 Å². The van der Waals surface area contributed by atoms with Crippen LogP contribution >= 0.6 is 11.3 Å². The van der Waals surface area contributed by atoms with Crippen LogP contribution < -0.4 is 4.90 Å². The highest BCUT2D eigenvalue weighted by molar-refractivity contribution is 7.25. The molecule has 0 saturated carbocycles. The summed E-state index contributed by atoms with van der Waals surface area (Å²) in [6, 6.07) is 74.0. The molecular weight excluding hydrogens is 707 g/mol. The summed E-state index contributed by atoms with van der Waals surface area (Å²) in [5, 5.41) is 5.13. The minimum Gasteiger partial charge on any atom is -0.310 e. The highest BCUT2D eigenvalue weighted by Gasteiger charge is 2.37. The van der Waals surface area contributed by atoms with Crippen molar-refractivity contribution in [3.63, 3.8) is 0 Å². The van der Waals surface area contributed by atoms with Crippen LogP contribution in [0.1, 0.15) is 25.0 Å². The highest BCUT2D eigenvalue weighted by atomic mass is 32.1. The molecular formula is C55H39NS. The van der Waals surface area contributed by atoms with Crippen molar-refractivity contribution in [3.05, 3.63) is 211 Å². The van der Waals surface area contributed by atoms with Crippen molar-refractivity contribution < 1.29 is 0 Å². The van der Waals surface area contributed by atoms with Crippen LogP contribution in [0.5, 0.6) is 0 Å². The molecule has 270 valence electrons. The fourth-order valence-electron chi connectivity index (χ4n) is 9.23. The minimum atomic E-state index is -0.0887. The van der Waals surface area contributed by atoms with Gasteiger partial charge in [0.25, 0.3) is 0 Å². The van der Waals surface area contributed by atoms with Gasteiger partial charge in [0.2, 0.25) is 0 Å². The maximum absolute atomic E-state index is 2.47. The van der Waals surface area contributed by atoms with E-state index in [1.54, 1.807) is 0 Å². The largest absolute Gasteiger partial charge is 0.310 e. The smallest absolute Gasteiger partial charge is 0.0540 e. The lowest BCUT2D eigenvalue weighted by atomic mass is 9.82. The van der Waals surface area contributed by atoms with Crippen molar-refractivity contribution in [3.8, 4) is 44.5 Å². The molecule has 0 bridgehead atoms. The normalized spacial score (nSPS) is 12.9. The molecule has 0 fully saturated rings. The fraction of sp³-hybridized carbons (Fsp3) is 0.0545. The van der Waals surface area contributed by atoms with E-state index in [0.717, 1.165) is 17.1 Å². The third kappa shape index (κ3) is 5.51. The second kappa shape index (κ2) is 13.2. The van der Waals surface area contributed by atoms with E-state index in [9.17, 15) is 0 Å². The van der Waals surface area contributed by atoms with Crippen LogP contribution in [0.3, 0.4) is 0 Å². The summed E-state index contributed by atoms with van der Waals surface area (Å²) in [4.78, 5) is 2.47. The number of fused-ring (bicyclic) bond motifs is 7. The molecule has 0 saturated heterocycles. The molecule has 1 aliphatic rings. The molecule has 0 atom stereocenters. The summed E-state index contributed by atoms with van der Waals surface area (Å²) in [5.41, 5.74) is 15.9. The SMILES string of the molecule is CC1(C)c2ccccc2-c2c(-c3ccccc3N(c3cccc(-c4ccc5ccccc5c4)c3)c3cccc(-c4ccc5c(c4)sc4ccccc45)c3)cccc21. The monoisotopic (exact) mass is 745 g/mol. The van der Waals surface area contributed by atoms with Gasteiger partial charge in [-0.25, -0.2) is 0 Å². The molecule has 0 radical (unpaired) electrons. The third-order valence-electron chi connectivity index (χ3n) is 12.0. The summed E-state index contributed by atoms with van der Waals surface area (Å²) < 4.78 is 2.64. The molecule has 1 aliphatic carbocycles. The van der Waals surface area contributed by atoms with E-state index < -0.39 is 0 Å². The first-order valence-corrected chi connectivity index (χ1v) is 20.6. The molecule has 0 amide bonds. The summed E-state index contributed by atoms with van der Waals surface area (Å²) in [5.74, 6) is 0. The molecule has 10 aromatic rings. The van der Waals surface area contributed by atoms with Gasteiger partial charge in [-0.15, -0.1) is 11.3 Å². The average Bonchev–Trinajstić information content (AvgIpc) is 3.75. The van der Waals surface area contributed by atoms with Crippen LogP contribution in [-0.4, -0.2) is 0 Å². The van der Waals surface area contributed by atoms with Crippen LogP contribution in [0.4, 0.5) is 17.1 Å². The molecule has 1 nitrogen and oxygen atoms in total. The Kier molecular flexibility index (Phi) is 7.77. The molecule has 1 heterocycles. The quantitative estimate of drug-likeness (QED) is 0.164. The van der Waals surface area contributed by atoms with Crippen LogP contribution in [0.2, 0.25) is 0 Å². The number of anilines is 3. The second-order valence-corrected chi connectivity index (χ2v) is 16.8. The Hall–Kier alpha value is -6.74. The topological polar surface area (TPSA) is 3.24 Å². The van der Waals surface area contributed by atoms with Crippen LogP contribution in [-0.2, 0) is 5.41 Å². The van der Waals surface area contributed by atoms with Gasteiger partial charge < -0.3 is 4.90 Å². The van der Waals surface area contributed by atoms with Crippen molar-refractivity contribution in [2.75, 3.05) is 4.90 Å². The van der Waals surface area contributed by atoms with Gasteiger partial charge in [0.15, 0.2) is 0 Å². The third-order valence-corrected chi connectivity index (χ3v) is 13.2. The molecule has 0 aliphatic heterocycles. The number of para-hydroxylation sites is 1. The molecule has 9 aromatic carbocycles. The Balaban J connectivity index is 1.11. The number of thiophene rings is 1. The van der Waals surface area contributed by atoms with E-state index in [4.69, 9.17) is 0 Å². The molecule has 1 aromatic heterocycles. The lowest BCUT2D eigenvalue weighted by Gasteiger charge is -2.29. The van der Waals surface area contributed by atoms with E-state index in [1.165, 1.54) is 86.6 Å². The van der Waals surface area contributed by atoms with E-state index in [1.807, 2.05) is 11.3 Å². The van der Waals surface area contributed by atoms with Gasteiger partial charge in [-0.05, 0) is 109 Å². The van der Waals surface area contributed by atoms with Gasteiger partial charge in [-0.1, -0.05) is 166 Å². The van der Waals surface area contributed by atoms with Crippen molar-refractivity contribution in [2.24, 2.45) is 0 Å². The van der Waals surface area contributed by atoms with Crippen LogP contribution in [0, 0.1) is 0 Å². The standard InChI is InChI=1S/C55H39NS/c1-55(2)49-24-8-5-22-48(49)54-47(23-13-25-50(54)55)44-20-6-9-26-51(44)56(42-18-11-16-38(33-42)40-29-28-36-14-3-4-15-37(36)32-40)43-19-12-17-39(34-43)41-30-31-46-45-21-7-10-27-52(45)57-53(46)35-41/h3-35H,1-2H3. The van der Waals surface area contributed by atoms with Crippen molar-refractivity contribution in [2.45, 2.75) is 19.3 Å². The summed E-state index contributed by atoms with van der Waals surface area (Å²) >= 11 is 1.87. The minimum absolute atomic E-state index is 0.0887. The van der Waals surface area contributed by atoms with Crippen LogP contribution in [0.15, 0.2) is 200 Å². The molecule has 11 rings (SSSR count). The summed E-state index contributed by atoms with van der Waals surface area (Å²) in [6.07, 6.45) is 0. The van der Waals surface area contributed by atoms with E-state index in [-0.39, 0.29) is 5.41 Å². The first kappa shape index (κ1) is 33.6. The predicted molar refractivity (Wildman–Crippen MR) is 245 cm³/mol. The van der Waals surface area contributed by atoms with Gasteiger partial charge in [-0.3, -0.25) is 0 Å². The van der Waals surface area contributed by atoms with Crippen molar-refractivity contribution in [1.29, 1.82) is 0 Å². The Labute approximate surface area is 337 Å². The van der Waals surface area contributed by atoms with Crippen molar-refractivity contribution >= 4 is 59.3 Å². The summed E-state index contributed by atoms with van der Waals surface area (Å²) in [7, 11) is 0. The zero-order valence-electron chi connectivity index (χ0n) is 31.9. The average molecular weight is 746 g/mol. The maximum Gasteiger partial charge on any atom is 0.0540 e. The number of hydrogen-bond donors (Lipinski definition) is 0. The Morgan fingerprint density at radius 2 is 0.965 bits per heavy atom. The Morgan fingerprint density at radius 1 is 0.386 bits per heavy atom. The zero-order valence-corrected chi connectivity index (χ0v) is 32.7. The van der Waals surface area contributed by atoms with Gasteiger partial charge in [-0.2, -0.15) is 0 Å². The van der Waals surface area contributed by atoms with E-state index >= 15 is 0 Å². The molecule has 2 heteroatoms. The van der Waals surface area contributed by atoms with E-state index in [2.05, 4.69) is 219 Å². The zero-order chi connectivity index (χ0) is 38.1. The number of benzene rings is 9. The van der Waals surface area contributed by atoms with Gasteiger partial charge in [0.1, 0.15) is 0 Å².